The first kappa shape index (κ1) is 16.7. The number of carbonyl (C=O) groups excluding carboxylic acids is 1. The maximum absolute atomic E-state index is 12.0. The van der Waals surface area contributed by atoms with E-state index in [-0.39, 0.29) is 18.3 Å². The molecule has 2 N–H and O–H groups in total. The zero-order valence-corrected chi connectivity index (χ0v) is 12.9. The number of halogens is 1. The van der Waals surface area contributed by atoms with E-state index in [2.05, 4.69) is 30.6 Å². The van der Waals surface area contributed by atoms with Crippen LogP contribution in [0.1, 0.15) is 42.1 Å². The van der Waals surface area contributed by atoms with Crippen molar-refractivity contribution >= 4 is 18.3 Å². The largest absolute Gasteiger partial charge is 0.348 e. The highest BCUT2D eigenvalue weighted by atomic mass is 35.5. The highest BCUT2D eigenvalue weighted by molar-refractivity contribution is 5.94. The van der Waals surface area contributed by atoms with E-state index >= 15 is 0 Å². The van der Waals surface area contributed by atoms with Gasteiger partial charge in [-0.15, -0.1) is 12.4 Å². The molecular weight excluding hydrogens is 272 g/mol. The number of hydrogen-bond acceptors (Lipinski definition) is 2. The summed E-state index contributed by atoms with van der Waals surface area (Å²) in [7, 11) is 0. The molecule has 1 aromatic rings. The van der Waals surface area contributed by atoms with E-state index in [0.717, 1.165) is 25.1 Å². The lowest BCUT2D eigenvalue weighted by Gasteiger charge is -2.14. The molecule has 2 rings (SSSR count). The third-order valence-electron chi connectivity index (χ3n) is 3.47. The van der Waals surface area contributed by atoms with E-state index in [9.17, 15) is 4.79 Å². The SMILES string of the molecule is CC(C)c1ccc(C(=O)NCC2=CCNCC2)cc1.Cl. The topological polar surface area (TPSA) is 41.1 Å². The smallest absolute Gasteiger partial charge is 0.251 e. The minimum Gasteiger partial charge on any atom is -0.348 e. The van der Waals surface area contributed by atoms with Gasteiger partial charge in [-0.1, -0.05) is 37.6 Å². The van der Waals surface area contributed by atoms with Gasteiger partial charge < -0.3 is 10.6 Å². The molecule has 0 atom stereocenters. The van der Waals surface area contributed by atoms with Crippen molar-refractivity contribution in [2.45, 2.75) is 26.2 Å². The van der Waals surface area contributed by atoms with Gasteiger partial charge in [0.25, 0.3) is 5.91 Å². The van der Waals surface area contributed by atoms with E-state index in [1.165, 1.54) is 11.1 Å². The predicted octanol–water partition coefficient (Wildman–Crippen LogP) is 2.88. The summed E-state index contributed by atoms with van der Waals surface area (Å²) in [4.78, 5) is 12.0. The maximum Gasteiger partial charge on any atom is 0.251 e. The molecule has 4 heteroatoms. The highest BCUT2D eigenvalue weighted by Gasteiger charge is 2.08. The maximum atomic E-state index is 12.0. The number of amides is 1. The summed E-state index contributed by atoms with van der Waals surface area (Å²) < 4.78 is 0. The first-order valence-corrected chi connectivity index (χ1v) is 6.93. The van der Waals surface area contributed by atoms with Crippen molar-refractivity contribution in [3.63, 3.8) is 0 Å². The Balaban J connectivity index is 0.00000200. The standard InChI is InChI=1S/C16H22N2O.ClH/c1-12(2)14-3-5-15(6-4-14)16(19)18-11-13-7-9-17-10-8-13;/h3-7,12,17H,8-11H2,1-2H3,(H,18,19);1H. The Kier molecular flexibility index (Phi) is 6.76. The van der Waals surface area contributed by atoms with Crippen molar-refractivity contribution in [1.82, 2.24) is 10.6 Å². The van der Waals surface area contributed by atoms with E-state index in [1.54, 1.807) is 0 Å². The number of nitrogens with one attached hydrogen (secondary N) is 2. The second-order valence-electron chi connectivity index (χ2n) is 5.28. The summed E-state index contributed by atoms with van der Waals surface area (Å²) in [5.74, 6) is 0.506. The van der Waals surface area contributed by atoms with Crippen LogP contribution in [-0.4, -0.2) is 25.5 Å². The van der Waals surface area contributed by atoms with Gasteiger partial charge >= 0.3 is 0 Å². The molecule has 20 heavy (non-hydrogen) atoms. The van der Waals surface area contributed by atoms with Crippen LogP contribution >= 0.6 is 12.4 Å². The van der Waals surface area contributed by atoms with Crippen molar-refractivity contribution in [3.05, 3.63) is 47.0 Å². The van der Waals surface area contributed by atoms with Crippen molar-refractivity contribution < 1.29 is 4.79 Å². The molecule has 1 aliphatic heterocycles. The molecule has 110 valence electrons. The van der Waals surface area contributed by atoms with E-state index in [4.69, 9.17) is 0 Å². The molecule has 1 heterocycles. The fraction of sp³-hybridized carbons (Fsp3) is 0.438. The quantitative estimate of drug-likeness (QED) is 0.839. The summed E-state index contributed by atoms with van der Waals surface area (Å²) >= 11 is 0. The Morgan fingerprint density at radius 3 is 2.55 bits per heavy atom. The molecule has 0 fully saturated rings. The fourth-order valence-electron chi connectivity index (χ4n) is 2.15. The minimum absolute atomic E-state index is 0. The van der Waals surface area contributed by atoms with Gasteiger partial charge in [-0.2, -0.15) is 0 Å². The van der Waals surface area contributed by atoms with E-state index < -0.39 is 0 Å². The average Bonchev–Trinajstić information content (AvgIpc) is 2.46. The predicted molar refractivity (Wildman–Crippen MR) is 85.7 cm³/mol. The number of rotatable bonds is 4. The first-order chi connectivity index (χ1) is 9.16. The molecule has 0 aromatic heterocycles. The molecular formula is C16H23ClN2O. The third-order valence-corrected chi connectivity index (χ3v) is 3.47. The molecule has 0 bridgehead atoms. The summed E-state index contributed by atoms with van der Waals surface area (Å²) in [6.07, 6.45) is 3.18. The third kappa shape index (κ3) is 4.66. The number of carbonyl (C=O) groups is 1. The Bertz CT molecular complexity index is 466. The van der Waals surface area contributed by atoms with Crippen LogP contribution in [0, 0.1) is 0 Å². The fourth-order valence-corrected chi connectivity index (χ4v) is 2.15. The Labute approximate surface area is 127 Å². The molecule has 0 saturated heterocycles. The van der Waals surface area contributed by atoms with Crippen molar-refractivity contribution in [3.8, 4) is 0 Å². The summed E-state index contributed by atoms with van der Waals surface area (Å²) in [5, 5.41) is 6.24. The number of hydrogen-bond donors (Lipinski definition) is 2. The van der Waals surface area contributed by atoms with E-state index in [0.29, 0.717) is 12.5 Å². The van der Waals surface area contributed by atoms with Gasteiger partial charge in [-0.25, -0.2) is 0 Å². The molecule has 0 spiro atoms. The normalized spacial score (nSPS) is 14.4. The molecule has 0 aliphatic carbocycles. The Hall–Kier alpha value is -1.32. The average molecular weight is 295 g/mol. The van der Waals surface area contributed by atoms with E-state index in [1.807, 2.05) is 24.3 Å². The van der Waals surface area contributed by atoms with Crippen molar-refractivity contribution in [2.75, 3.05) is 19.6 Å². The van der Waals surface area contributed by atoms with Gasteiger partial charge in [0.2, 0.25) is 0 Å². The lowest BCUT2D eigenvalue weighted by Crippen LogP contribution is -2.29. The van der Waals surface area contributed by atoms with Crippen LogP contribution in [0.25, 0.3) is 0 Å². The Morgan fingerprint density at radius 1 is 1.30 bits per heavy atom. The van der Waals surface area contributed by atoms with Crippen LogP contribution in [0.2, 0.25) is 0 Å². The second-order valence-corrected chi connectivity index (χ2v) is 5.28. The molecule has 3 nitrogen and oxygen atoms in total. The summed E-state index contributed by atoms with van der Waals surface area (Å²) in [6, 6.07) is 7.87. The molecule has 0 saturated carbocycles. The van der Waals surface area contributed by atoms with Gasteiger partial charge in [0.05, 0.1) is 0 Å². The molecule has 0 radical (unpaired) electrons. The zero-order valence-electron chi connectivity index (χ0n) is 12.1. The van der Waals surface area contributed by atoms with Gasteiger partial charge in [-0.05, 0) is 36.6 Å². The molecule has 0 unspecified atom stereocenters. The van der Waals surface area contributed by atoms with Gasteiger partial charge in [0, 0.05) is 18.7 Å². The lowest BCUT2D eigenvalue weighted by molar-refractivity contribution is 0.0956. The van der Waals surface area contributed by atoms with Gasteiger partial charge in [-0.3, -0.25) is 4.79 Å². The van der Waals surface area contributed by atoms with Crippen LogP contribution < -0.4 is 10.6 Å². The lowest BCUT2D eigenvalue weighted by atomic mass is 10.0. The molecule has 1 amide bonds. The van der Waals surface area contributed by atoms with Crippen LogP contribution in [0.5, 0.6) is 0 Å². The molecule has 1 aliphatic rings. The van der Waals surface area contributed by atoms with Crippen LogP contribution in [0.15, 0.2) is 35.9 Å². The second kappa shape index (κ2) is 8.08. The van der Waals surface area contributed by atoms with Gasteiger partial charge in [0.15, 0.2) is 0 Å². The van der Waals surface area contributed by atoms with Crippen molar-refractivity contribution in [1.29, 1.82) is 0 Å². The zero-order chi connectivity index (χ0) is 13.7. The summed E-state index contributed by atoms with van der Waals surface area (Å²) in [5.41, 5.74) is 3.31. The van der Waals surface area contributed by atoms with Crippen LogP contribution in [0.3, 0.4) is 0 Å². The first-order valence-electron chi connectivity index (χ1n) is 6.93. The van der Waals surface area contributed by atoms with Crippen LogP contribution in [-0.2, 0) is 0 Å². The van der Waals surface area contributed by atoms with Crippen LogP contribution in [0.4, 0.5) is 0 Å². The molecule has 1 aromatic carbocycles. The Morgan fingerprint density at radius 2 is 2.00 bits per heavy atom. The monoisotopic (exact) mass is 294 g/mol. The van der Waals surface area contributed by atoms with Gasteiger partial charge in [0.1, 0.15) is 0 Å². The summed E-state index contributed by atoms with van der Waals surface area (Å²) in [6.45, 7) is 6.88. The van der Waals surface area contributed by atoms with Crippen molar-refractivity contribution in [2.24, 2.45) is 0 Å². The minimum atomic E-state index is 0. The highest BCUT2D eigenvalue weighted by Crippen LogP contribution is 2.14. The number of benzene rings is 1.